The Labute approximate surface area is 158 Å². The molecule has 1 aromatic carbocycles. The van der Waals surface area contributed by atoms with Gasteiger partial charge < -0.3 is 19.3 Å². The topological polar surface area (TPSA) is 99.1 Å². The van der Waals surface area contributed by atoms with E-state index in [2.05, 4.69) is 15.9 Å². The number of hydrogen-bond donors (Lipinski definition) is 1. The van der Waals surface area contributed by atoms with Crippen molar-refractivity contribution in [2.45, 2.75) is 25.0 Å². The van der Waals surface area contributed by atoms with Crippen LogP contribution in [0.3, 0.4) is 0 Å². The maximum Gasteiger partial charge on any atom is 0.338 e. The summed E-state index contributed by atoms with van der Waals surface area (Å²) in [4.78, 5) is 36.5. The molecule has 26 heavy (non-hydrogen) atoms. The average Bonchev–Trinajstić information content (AvgIpc) is 2.86. The quantitative estimate of drug-likeness (QED) is 0.584. The lowest BCUT2D eigenvalue weighted by molar-refractivity contribution is -0.159. The Morgan fingerprint density at radius 1 is 1.27 bits per heavy atom. The van der Waals surface area contributed by atoms with E-state index in [-0.39, 0.29) is 12.0 Å². The van der Waals surface area contributed by atoms with E-state index in [1.54, 1.807) is 24.3 Å². The van der Waals surface area contributed by atoms with Crippen molar-refractivity contribution in [2.24, 2.45) is 11.8 Å². The molecular weight excluding hydrogens is 408 g/mol. The highest BCUT2D eigenvalue weighted by atomic mass is 79.9. The summed E-state index contributed by atoms with van der Waals surface area (Å²) in [5.74, 6) is -3.62. The molecule has 0 amide bonds. The van der Waals surface area contributed by atoms with Crippen LogP contribution in [0.5, 0.6) is 0 Å². The van der Waals surface area contributed by atoms with Gasteiger partial charge in [0.15, 0.2) is 0 Å². The van der Waals surface area contributed by atoms with Gasteiger partial charge in [0.25, 0.3) is 0 Å². The van der Waals surface area contributed by atoms with Crippen molar-refractivity contribution in [3.05, 3.63) is 46.1 Å². The molecule has 1 N–H and O–H groups in total. The van der Waals surface area contributed by atoms with Crippen LogP contribution in [0.25, 0.3) is 0 Å². The van der Waals surface area contributed by atoms with Gasteiger partial charge in [0.1, 0.15) is 18.0 Å². The largest absolute Gasteiger partial charge is 0.466 e. The summed E-state index contributed by atoms with van der Waals surface area (Å²) in [6, 6.07) is 6.55. The van der Waals surface area contributed by atoms with Gasteiger partial charge in [-0.15, -0.1) is 0 Å². The molecule has 1 heterocycles. The van der Waals surface area contributed by atoms with Gasteiger partial charge in [0, 0.05) is 10.4 Å². The first-order chi connectivity index (χ1) is 12.3. The molecule has 8 heteroatoms. The molecule has 138 valence electrons. The van der Waals surface area contributed by atoms with E-state index in [0.717, 1.165) is 10.7 Å². The molecule has 3 rings (SSSR count). The normalized spacial score (nSPS) is 30.1. The molecule has 1 fully saturated rings. The molecule has 4 atom stereocenters. The third-order valence-corrected chi connectivity index (χ3v) is 5.39. The van der Waals surface area contributed by atoms with Crippen LogP contribution in [-0.4, -0.2) is 41.8 Å². The fraction of sp³-hybridized carbons (Fsp3) is 0.389. The number of cyclic esters (lactones) is 1. The second-order valence-electron chi connectivity index (χ2n) is 6.45. The maximum absolute atomic E-state index is 12.4. The van der Waals surface area contributed by atoms with Gasteiger partial charge in [-0.2, -0.15) is 0 Å². The molecule has 1 aromatic rings. The number of aliphatic hydroxyl groups is 1. The molecule has 1 saturated carbocycles. The van der Waals surface area contributed by atoms with Crippen LogP contribution in [0.4, 0.5) is 0 Å². The second kappa shape index (κ2) is 6.85. The summed E-state index contributed by atoms with van der Waals surface area (Å²) in [7, 11) is 1.22. The maximum atomic E-state index is 12.4. The number of carbonyl (C=O) groups is 3. The third-order valence-electron chi connectivity index (χ3n) is 4.86. The van der Waals surface area contributed by atoms with E-state index >= 15 is 0 Å². The zero-order valence-electron chi connectivity index (χ0n) is 14.1. The van der Waals surface area contributed by atoms with Gasteiger partial charge >= 0.3 is 17.9 Å². The summed E-state index contributed by atoms with van der Waals surface area (Å²) < 4.78 is 15.9. The van der Waals surface area contributed by atoms with Crippen molar-refractivity contribution in [3.8, 4) is 0 Å². The highest BCUT2D eigenvalue weighted by molar-refractivity contribution is 9.10. The van der Waals surface area contributed by atoms with Crippen LogP contribution < -0.4 is 0 Å². The standard InChI is InChI=1S/C18H17BrO7/c1-18(23)13(26-15(20)9-3-5-10(19)6-4-9)7-11-12(16(21)24-2)8-25-17(22)14(11)18/h3-6,8,11,13-14,23H,7H2,1-2H3/t11-,13+,14-,18+/m1/s1. The molecular formula is C18H17BrO7. The number of methoxy groups -OCH3 is 1. The Morgan fingerprint density at radius 3 is 2.54 bits per heavy atom. The molecule has 1 aliphatic carbocycles. The number of halogens is 1. The average molecular weight is 425 g/mol. The van der Waals surface area contributed by atoms with Crippen LogP contribution >= 0.6 is 15.9 Å². The lowest BCUT2D eigenvalue weighted by Gasteiger charge is -2.32. The third kappa shape index (κ3) is 3.14. The molecule has 0 unspecified atom stereocenters. The fourth-order valence-electron chi connectivity index (χ4n) is 3.47. The molecule has 0 aromatic heterocycles. The van der Waals surface area contributed by atoms with E-state index in [9.17, 15) is 19.5 Å². The Hall–Kier alpha value is -2.19. The minimum Gasteiger partial charge on any atom is -0.466 e. The number of esters is 3. The fourth-order valence-corrected chi connectivity index (χ4v) is 3.74. The molecule has 0 spiro atoms. The Kier molecular flexibility index (Phi) is 4.90. The summed E-state index contributed by atoms with van der Waals surface area (Å²) in [5, 5.41) is 10.9. The molecule has 7 nitrogen and oxygen atoms in total. The smallest absolute Gasteiger partial charge is 0.338 e. The molecule has 2 aliphatic rings. The Morgan fingerprint density at radius 2 is 1.92 bits per heavy atom. The van der Waals surface area contributed by atoms with Crippen molar-refractivity contribution in [1.82, 2.24) is 0 Å². The highest BCUT2D eigenvalue weighted by Gasteiger charge is 2.60. The predicted octanol–water partition coefficient (Wildman–Crippen LogP) is 1.98. The molecule has 0 radical (unpaired) electrons. The van der Waals surface area contributed by atoms with Crippen molar-refractivity contribution in [2.75, 3.05) is 7.11 Å². The van der Waals surface area contributed by atoms with Crippen LogP contribution in [0.1, 0.15) is 23.7 Å². The minimum atomic E-state index is -1.68. The van der Waals surface area contributed by atoms with Crippen molar-refractivity contribution >= 4 is 33.8 Å². The number of fused-ring (bicyclic) bond motifs is 1. The van der Waals surface area contributed by atoms with E-state index in [0.29, 0.717) is 5.56 Å². The van der Waals surface area contributed by atoms with Gasteiger partial charge in [-0.1, -0.05) is 15.9 Å². The number of ether oxygens (including phenoxy) is 3. The van der Waals surface area contributed by atoms with Crippen LogP contribution in [0.2, 0.25) is 0 Å². The zero-order valence-corrected chi connectivity index (χ0v) is 15.7. The number of carbonyl (C=O) groups excluding carboxylic acids is 3. The van der Waals surface area contributed by atoms with Crippen LogP contribution in [-0.2, 0) is 23.8 Å². The number of benzene rings is 1. The van der Waals surface area contributed by atoms with Gasteiger partial charge in [0.05, 0.1) is 24.2 Å². The SMILES string of the molecule is COC(=O)C1=COC(=O)[C@H]2[C@@H]1C[C@H](OC(=O)c1ccc(Br)cc1)[C@]2(C)O. The van der Waals surface area contributed by atoms with Crippen LogP contribution in [0.15, 0.2) is 40.6 Å². The Balaban J connectivity index is 1.85. The first-order valence-electron chi connectivity index (χ1n) is 7.93. The lowest BCUT2D eigenvalue weighted by Crippen LogP contribution is -2.47. The summed E-state index contributed by atoms with van der Waals surface area (Å²) in [5.41, 5.74) is -1.23. The summed E-state index contributed by atoms with van der Waals surface area (Å²) in [6.45, 7) is 1.40. The Bertz CT molecular complexity index is 781. The van der Waals surface area contributed by atoms with Gasteiger partial charge in [-0.25, -0.2) is 9.59 Å². The first-order valence-corrected chi connectivity index (χ1v) is 8.72. The summed E-state index contributed by atoms with van der Waals surface area (Å²) in [6.07, 6.45) is 0.174. The van der Waals surface area contributed by atoms with Crippen molar-refractivity contribution < 1.29 is 33.7 Å². The summed E-state index contributed by atoms with van der Waals surface area (Å²) >= 11 is 3.28. The highest BCUT2D eigenvalue weighted by Crippen LogP contribution is 2.48. The molecule has 0 bridgehead atoms. The van der Waals surface area contributed by atoms with E-state index < -0.39 is 41.4 Å². The van der Waals surface area contributed by atoms with Gasteiger partial charge in [-0.05, 0) is 37.6 Å². The minimum absolute atomic E-state index is 0.107. The number of hydrogen-bond acceptors (Lipinski definition) is 7. The van der Waals surface area contributed by atoms with Gasteiger partial charge in [-0.3, -0.25) is 4.79 Å². The predicted molar refractivity (Wildman–Crippen MR) is 91.8 cm³/mol. The lowest BCUT2D eigenvalue weighted by atomic mass is 9.82. The first kappa shape index (κ1) is 18.6. The molecule has 1 aliphatic heterocycles. The van der Waals surface area contributed by atoms with Crippen molar-refractivity contribution in [3.63, 3.8) is 0 Å². The van der Waals surface area contributed by atoms with E-state index in [1.807, 2.05) is 0 Å². The molecule has 0 saturated heterocycles. The van der Waals surface area contributed by atoms with E-state index in [4.69, 9.17) is 14.2 Å². The van der Waals surface area contributed by atoms with E-state index in [1.165, 1.54) is 14.0 Å². The van der Waals surface area contributed by atoms with Crippen molar-refractivity contribution in [1.29, 1.82) is 0 Å². The second-order valence-corrected chi connectivity index (χ2v) is 7.36. The van der Waals surface area contributed by atoms with Crippen LogP contribution in [0, 0.1) is 11.8 Å². The van der Waals surface area contributed by atoms with Gasteiger partial charge in [0.2, 0.25) is 0 Å². The monoisotopic (exact) mass is 424 g/mol. The number of rotatable bonds is 3. The zero-order chi connectivity index (χ0) is 19.1.